The third-order valence-electron chi connectivity index (χ3n) is 1.40. The molecule has 0 saturated heterocycles. The summed E-state index contributed by atoms with van der Waals surface area (Å²) in [5.41, 5.74) is 0. The highest BCUT2D eigenvalue weighted by atomic mass is 16.2. The highest BCUT2D eigenvalue weighted by Gasteiger charge is 2.14. The summed E-state index contributed by atoms with van der Waals surface area (Å²) in [4.78, 5) is 12.6. The zero-order chi connectivity index (χ0) is 8.15. The van der Waals surface area contributed by atoms with Gasteiger partial charge in [-0.1, -0.05) is 6.92 Å². The van der Waals surface area contributed by atoms with E-state index in [4.69, 9.17) is 5.41 Å². The molecular formula is C7H14N2O. The van der Waals surface area contributed by atoms with E-state index in [9.17, 15) is 4.79 Å². The molecule has 3 heteroatoms. The first-order valence-electron chi connectivity index (χ1n) is 3.35. The van der Waals surface area contributed by atoms with Crippen LogP contribution in [0.4, 0.5) is 0 Å². The van der Waals surface area contributed by atoms with Crippen molar-refractivity contribution < 1.29 is 4.79 Å². The van der Waals surface area contributed by atoms with Crippen molar-refractivity contribution >= 4 is 12.1 Å². The van der Waals surface area contributed by atoms with Crippen molar-refractivity contribution in [2.75, 3.05) is 14.1 Å². The van der Waals surface area contributed by atoms with Crippen molar-refractivity contribution in [1.29, 1.82) is 5.41 Å². The Morgan fingerprint density at radius 1 is 1.70 bits per heavy atom. The third kappa shape index (κ3) is 2.17. The van der Waals surface area contributed by atoms with Crippen LogP contribution >= 0.6 is 0 Å². The van der Waals surface area contributed by atoms with Crippen molar-refractivity contribution in [3.63, 3.8) is 0 Å². The third-order valence-corrected chi connectivity index (χ3v) is 1.40. The van der Waals surface area contributed by atoms with Gasteiger partial charge in [-0.15, -0.1) is 0 Å². The first-order chi connectivity index (χ1) is 4.63. The van der Waals surface area contributed by atoms with Crippen LogP contribution in [-0.4, -0.2) is 31.1 Å². The van der Waals surface area contributed by atoms with E-state index in [0.29, 0.717) is 6.42 Å². The van der Waals surface area contributed by atoms with E-state index in [1.807, 2.05) is 6.92 Å². The summed E-state index contributed by atoms with van der Waals surface area (Å²) < 4.78 is 0. The largest absolute Gasteiger partial charge is 0.348 e. The first-order valence-corrected chi connectivity index (χ1v) is 3.35. The standard InChI is InChI=1S/C7H14N2O/c1-4-6(5-8)7(10)9(2)3/h5-6,8H,4H2,1-3H3. The molecule has 0 aromatic rings. The molecule has 10 heavy (non-hydrogen) atoms. The molecule has 0 spiro atoms. The monoisotopic (exact) mass is 142 g/mol. The summed E-state index contributed by atoms with van der Waals surface area (Å²) in [5.74, 6) is -0.215. The number of rotatable bonds is 3. The molecule has 0 aliphatic rings. The van der Waals surface area contributed by atoms with Gasteiger partial charge >= 0.3 is 0 Å². The quantitative estimate of drug-likeness (QED) is 0.580. The van der Waals surface area contributed by atoms with Crippen LogP contribution in [0, 0.1) is 11.3 Å². The Morgan fingerprint density at radius 3 is 2.30 bits per heavy atom. The number of carbonyl (C=O) groups is 1. The van der Waals surface area contributed by atoms with Gasteiger partial charge in [0.15, 0.2) is 0 Å². The lowest BCUT2D eigenvalue weighted by Crippen LogP contribution is -2.29. The summed E-state index contributed by atoms with van der Waals surface area (Å²) in [6.45, 7) is 1.90. The number of hydrogen-bond donors (Lipinski definition) is 1. The lowest BCUT2D eigenvalue weighted by Gasteiger charge is -2.14. The molecule has 1 amide bonds. The second-order valence-electron chi connectivity index (χ2n) is 2.41. The van der Waals surface area contributed by atoms with E-state index in [0.717, 1.165) is 0 Å². The highest BCUT2D eigenvalue weighted by molar-refractivity contribution is 5.92. The van der Waals surface area contributed by atoms with Crippen molar-refractivity contribution in [3.8, 4) is 0 Å². The molecule has 0 rings (SSSR count). The summed E-state index contributed by atoms with van der Waals surface area (Å²) in [6.07, 6.45) is 1.91. The number of hydrogen-bond acceptors (Lipinski definition) is 2. The Hall–Kier alpha value is -0.860. The Kier molecular flexibility index (Phi) is 3.69. The van der Waals surface area contributed by atoms with Gasteiger partial charge in [0.25, 0.3) is 0 Å². The molecule has 0 aliphatic carbocycles. The maximum Gasteiger partial charge on any atom is 0.230 e. The van der Waals surface area contributed by atoms with Gasteiger partial charge in [-0.3, -0.25) is 4.79 Å². The zero-order valence-electron chi connectivity index (χ0n) is 6.72. The van der Waals surface area contributed by atoms with Gasteiger partial charge in [0.1, 0.15) is 0 Å². The molecule has 0 radical (unpaired) electrons. The van der Waals surface area contributed by atoms with Crippen LogP contribution in [0.1, 0.15) is 13.3 Å². The highest BCUT2D eigenvalue weighted by Crippen LogP contribution is 2.01. The molecule has 3 nitrogen and oxygen atoms in total. The SMILES string of the molecule is CCC(C=N)C(=O)N(C)C. The van der Waals surface area contributed by atoms with Crippen LogP contribution in [0.3, 0.4) is 0 Å². The molecular weight excluding hydrogens is 128 g/mol. The van der Waals surface area contributed by atoms with Crippen LogP contribution in [0.15, 0.2) is 0 Å². The minimum absolute atomic E-state index is 0.0116. The normalized spacial score (nSPS) is 12.3. The van der Waals surface area contributed by atoms with Gasteiger partial charge in [-0.25, -0.2) is 0 Å². The molecule has 0 aliphatic heterocycles. The Bertz CT molecular complexity index is 132. The average molecular weight is 142 g/mol. The molecule has 1 unspecified atom stereocenters. The fourth-order valence-electron chi connectivity index (χ4n) is 0.695. The van der Waals surface area contributed by atoms with E-state index < -0.39 is 0 Å². The summed E-state index contributed by atoms with van der Waals surface area (Å²) >= 11 is 0. The molecule has 58 valence electrons. The van der Waals surface area contributed by atoms with E-state index in [2.05, 4.69) is 0 Å². The Labute approximate surface area is 61.5 Å². The topological polar surface area (TPSA) is 44.2 Å². The first kappa shape index (κ1) is 9.14. The predicted molar refractivity (Wildman–Crippen MR) is 41.3 cm³/mol. The van der Waals surface area contributed by atoms with Gasteiger partial charge in [0, 0.05) is 20.3 Å². The molecule has 0 aromatic carbocycles. The molecule has 0 bridgehead atoms. The van der Waals surface area contributed by atoms with Gasteiger partial charge in [0.2, 0.25) is 5.91 Å². The van der Waals surface area contributed by atoms with Crippen molar-refractivity contribution in [2.24, 2.45) is 5.92 Å². The van der Waals surface area contributed by atoms with Crippen LogP contribution in [0.25, 0.3) is 0 Å². The second-order valence-corrected chi connectivity index (χ2v) is 2.41. The fraction of sp³-hybridized carbons (Fsp3) is 0.714. The smallest absolute Gasteiger partial charge is 0.230 e. The number of carbonyl (C=O) groups excluding carboxylic acids is 1. The lowest BCUT2D eigenvalue weighted by atomic mass is 10.1. The molecule has 0 heterocycles. The van der Waals surface area contributed by atoms with E-state index >= 15 is 0 Å². The Morgan fingerprint density at radius 2 is 2.20 bits per heavy atom. The second kappa shape index (κ2) is 4.04. The maximum absolute atomic E-state index is 11.1. The molecule has 0 fully saturated rings. The molecule has 1 atom stereocenters. The van der Waals surface area contributed by atoms with E-state index in [-0.39, 0.29) is 11.8 Å². The summed E-state index contributed by atoms with van der Waals surface area (Å²) in [6, 6.07) is 0. The minimum atomic E-state index is -0.227. The molecule has 0 aromatic heterocycles. The number of nitrogens with zero attached hydrogens (tertiary/aromatic N) is 1. The zero-order valence-corrected chi connectivity index (χ0v) is 6.72. The van der Waals surface area contributed by atoms with E-state index in [1.54, 1.807) is 14.1 Å². The van der Waals surface area contributed by atoms with Crippen LogP contribution in [0.2, 0.25) is 0 Å². The van der Waals surface area contributed by atoms with Crippen LogP contribution in [-0.2, 0) is 4.79 Å². The summed E-state index contributed by atoms with van der Waals surface area (Å²) in [7, 11) is 3.41. The summed E-state index contributed by atoms with van der Waals surface area (Å²) in [5, 5.41) is 6.91. The Balaban J connectivity index is 4.02. The van der Waals surface area contributed by atoms with E-state index in [1.165, 1.54) is 11.1 Å². The maximum atomic E-state index is 11.1. The number of nitrogens with one attached hydrogen (secondary N) is 1. The lowest BCUT2D eigenvalue weighted by molar-refractivity contribution is -0.130. The predicted octanol–water partition coefficient (Wildman–Crippen LogP) is 0.750. The van der Waals surface area contributed by atoms with Gasteiger partial charge in [-0.2, -0.15) is 0 Å². The number of amides is 1. The molecule has 0 saturated carbocycles. The van der Waals surface area contributed by atoms with Gasteiger partial charge in [0.05, 0.1) is 5.92 Å². The van der Waals surface area contributed by atoms with Gasteiger partial charge in [-0.05, 0) is 6.42 Å². The van der Waals surface area contributed by atoms with Gasteiger partial charge < -0.3 is 10.3 Å². The van der Waals surface area contributed by atoms with Crippen molar-refractivity contribution in [2.45, 2.75) is 13.3 Å². The molecule has 1 N–H and O–H groups in total. The van der Waals surface area contributed by atoms with Crippen molar-refractivity contribution in [1.82, 2.24) is 4.90 Å². The minimum Gasteiger partial charge on any atom is -0.348 e. The van der Waals surface area contributed by atoms with Crippen molar-refractivity contribution in [3.05, 3.63) is 0 Å². The van der Waals surface area contributed by atoms with Crippen LogP contribution in [0.5, 0.6) is 0 Å². The fourth-order valence-corrected chi connectivity index (χ4v) is 0.695. The average Bonchev–Trinajstić information content (AvgIpc) is 1.90. The van der Waals surface area contributed by atoms with Crippen LogP contribution < -0.4 is 0 Å².